The smallest absolute Gasteiger partial charge is 0.475 e. The predicted molar refractivity (Wildman–Crippen MR) is 108 cm³/mol. The Bertz CT molecular complexity index is 883. The third kappa shape index (κ3) is 8.03. The molecule has 4 rings (SSSR count). The van der Waals surface area contributed by atoms with Crippen molar-refractivity contribution in [2.45, 2.75) is 62.8 Å². The Morgan fingerprint density at radius 2 is 1.47 bits per heavy atom. The molecule has 3 fully saturated rings. The second-order valence-electron chi connectivity index (χ2n) is 8.45. The largest absolute Gasteiger partial charge is 0.490 e. The van der Waals surface area contributed by atoms with Crippen molar-refractivity contribution in [3.63, 3.8) is 0 Å². The molecule has 3 aliphatic rings. The third-order valence-electron chi connectivity index (χ3n) is 6.00. The summed E-state index contributed by atoms with van der Waals surface area (Å²) in [6, 6.07) is 4.87. The second-order valence-corrected chi connectivity index (χ2v) is 8.45. The molecule has 0 spiro atoms. The molecule has 0 aromatic carbocycles. The summed E-state index contributed by atoms with van der Waals surface area (Å²) in [6.07, 6.45) is -4.24. The molecular weight excluding hydrogens is 507 g/mol. The van der Waals surface area contributed by atoms with Crippen LogP contribution in [0.4, 0.5) is 30.7 Å². The average Bonchev–Trinajstić information content (AvgIpc) is 3.34. The number of aliphatic carboxylic acids is 2. The summed E-state index contributed by atoms with van der Waals surface area (Å²) in [6.45, 7) is 2.78. The molecule has 2 N–H and O–H groups in total. The maximum Gasteiger partial charge on any atom is 0.490 e. The van der Waals surface area contributed by atoms with Crippen molar-refractivity contribution in [3.8, 4) is 0 Å². The predicted octanol–water partition coefficient (Wildman–Crippen LogP) is 3.27. The second kappa shape index (κ2) is 11.8. The van der Waals surface area contributed by atoms with Gasteiger partial charge in [0, 0.05) is 50.0 Å². The number of hydrogen-bond donors (Lipinski definition) is 2. The van der Waals surface area contributed by atoms with E-state index in [4.69, 9.17) is 19.8 Å². The van der Waals surface area contributed by atoms with Crippen LogP contribution in [0.2, 0.25) is 0 Å². The molecule has 1 aromatic rings. The minimum absolute atomic E-state index is 0.0545. The lowest BCUT2D eigenvalue weighted by Gasteiger charge is -2.34. The zero-order chi connectivity index (χ0) is 27.3. The number of carboxylic acid groups (broad SMARTS) is 2. The Morgan fingerprint density at radius 3 is 1.92 bits per heavy atom. The van der Waals surface area contributed by atoms with Crippen LogP contribution in [0.25, 0.3) is 0 Å². The van der Waals surface area contributed by atoms with E-state index >= 15 is 0 Å². The summed E-state index contributed by atoms with van der Waals surface area (Å²) < 4.78 is 76.5. The van der Waals surface area contributed by atoms with Crippen LogP contribution in [0.1, 0.15) is 31.2 Å². The molecule has 1 aliphatic carbocycles. The number of hydrogen-bond acceptors (Lipinski definition) is 5. The Labute approximate surface area is 200 Å². The van der Waals surface area contributed by atoms with Gasteiger partial charge in [0.05, 0.1) is 0 Å². The highest BCUT2D eigenvalue weighted by Crippen LogP contribution is 2.37. The number of carbonyl (C=O) groups is 3. The van der Waals surface area contributed by atoms with Gasteiger partial charge in [-0.25, -0.2) is 14.0 Å². The van der Waals surface area contributed by atoms with Gasteiger partial charge in [-0.3, -0.25) is 14.7 Å². The van der Waals surface area contributed by atoms with E-state index in [0.29, 0.717) is 24.9 Å². The number of carboxylic acids is 2. The van der Waals surface area contributed by atoms with E-state index in [0.717, 1.165) is 32.5 Å². The average molecular weight is 531 g/mol. The molecule has 15 heteroatoms. The van der Waals surface area contributed by atoms with Crippen molar-refractivity contribution in [3.05, 3.63) is 30.1 Å². The SMILES string of the molecule is O=C(C1CC(F)C1)N1CC[C@H]2[C@H]1CCN2Cc1cccnc1.O=C(O)C(F)(F)F.O=C(O)C(F)(F)F. The molecule has 0 radical (unpaired) electrons. The lowest BCUT2D eigenvalue weighted by atomic mass is 9.82. The standard InChI is InChI=1S/C17H22FN3O.2C2HF3O2/c18-14-8-13(9-14)17(22)21-7-4-15-16(21)3-6-20(15)11-12-2-1-5-19-10-12;2*3-2(4,5)1(6)7/h1-2,5,10,13-16H,3-4,6-9,11H2;2*(H,6,7)/t13?,14?,15-,16+;;/m0../s1. The Morgan fingerprint density at radius 1 is 0.944 bits per heavy atom. The quantitative estimate of drug-likeness (QED) is 0.576. The summed E-state index contributed by atoms with van der Waals surface area (Å²) in [5, 5.41) is 14.2. The first-order valence-corrected chi connectivity index (χ1v) is 10.8. The van der Waals surface area contributed by atoms with Crippen LogP contribution in [0.3, 0.4) is 0 Å². The molecule has 1 aromatic heterocycles. The molecule has 202 valence electrons. The lowest BCUT2D eigenvalue weighted by molar-refractivity contribution is -0.193. The van der Waals surface area contributed by atoms with Gasteiger partial charge in [-0.1, -0.05) is 6.07 Å². The molecule has 36 heavy (non-hydrogen) atoms. The third-order valence-corrected chi connectivity index (χ3v) is 6.00. The summed E-state index contributed by atoms with van der Waals surface area (Å²) in [5.41, 5.74) is 1.23. The Kier molecular flexibility index (Phi) is 9.63. The van der Waals surface area contributed by atoms with E-state index in [2.05, 4.69) is 16.0 Å². The molecule has 0 bridgehead atoms. The topological polar surface area (TPSA) is 111 Å². The van der Waals surface area contributed by atoms with Crippen molar-refractivity contribution in [2.75, 3.05) is 13.1 Å². The molecule has 8 nitrogen and oxygen atoms in total. The number of alkyl halides is 7. The van der Waals surface area contributed by atoms with Crippen molar-refractivity contribution in [2.24, 2.45) is 5.92 Å². The zero-order valence-electron chi connectivity index (χ0n) is 18.7. The maximum absolute atomic E-state index is 13.0. The number of rotatable bonds is 3. The lowest BCUT2D eigenvalue weighted by Crippen LogP contribution is -2.46. The fourth-order valence-corrected chi connectivity index (χ4v) is 4.26. The molecule has 2 aliphatic heterocycles. The van der Waals surface area contributed by atoms with Gasteiger partial charge in [0.15, 0.2) is 0 Å². The number of likely N-dealkylation sites (tertiary alicyclic amines) is 2. The van der Waals surface area contributed by atoms with Crippen LogP contribution in [0, 0.1) is 5.92 Å². The van der Waals surface area contributed by atoms with Crippen LogP contribution >= 0.6 is 0 Å². The van der Waals surface area contributed by atoms with Crippen LogP contribution in [-0.2, 0) is 20.9 Å². The minimum Gasteiger partial charge on any atom is -0.475 e. The molecule has 2 atom stereocenters. The fourth-order valence-electron chi connectivity index (χ4n) is 4.26. The van der Waals surface area contributed by atoms with Gasteiger partial charge in [-0.2, -0.15) is 26.3 Å². The fraction of sp³-hybridized carbons (Fsp3) is 0.619. The van der Waals surface area contributed by atoms with E-state index in [-0.39, 0.29) is 11.8 Å². The highest BCUT2D eigenvalue weighted by molar-refractivity contribution is 5.80. The summed E-state index contributed by atoms with van der Waals surface area (Å²) >= 11 is 0. The summed E-state index contributed by atoms with van der Waals surface area (Å²) in [4.78, 5) is 39.0. The van der Waals surface area contributed by atoms with E-state index in [1.165, 1.54) is 5.56 Å². The monoisotopic (exact) mass is 531 g/mol. The Balaban J connectivity index is 0.000000271. The van der Waals surface area contributed by atoms with E-state index in [1.54, 1.807) is 6.20 Å². The van der Waals surface area contributed by atoms with Gasteiger partial charge in [0.25, 0.3) is 0 Å². The molecule has 1 amide bonds. The normalized spacial score (nSPS) is 25.5. The highest BCUT2D eigenvalue weighted by atomic mass is 19.4. The van der Waals surface area contributed by atoms with Gasteiger partial charge in [-0.05, 0) is 37.3 Å². The minimum atomic E-state index is -5.08. The molecule has 2 saturated heterocycles. The van der Waals surface area contributed by atoms with Gasteiger partial charge >= 0.3 is 24.3 Å². The first-order chi connectivity index (χ1) is 16.6. The van der Waals surface area contributed by atoms with E-state index < -0.39 is 30.5 Å². The molecule has 0 unspecified atom stereocenters. The summed E-state index contributed by atoms with van der Waals surface area (Å²) in [5.74, 6) is -5.37. The first-order valence-electron chi connectivity index (χ1n) is 10.8. The number of carbonyl (C=O) groups excluding carboxylic acids is 1. The van der Waals surface area contributed by atoms with Gasteiger partial charge in [0.1, 0.15) is 6.17 Å². The van der Waals surface area contributed by atoms with Crippen molar-refractivity contribution >= 4 is 17.8 Å². The van der Waals surface area contributed by atoms with Gasteiger partial charge in [-0.15, -0.1) is 0 Å². The number of fused-ring (bicyclic) bond motifs is 1. The highest BCUT2D eigenvalue weighted by Gasteiger charge is 2.47. The number of halogens is 7. The Hall–Kier alpha value is -2.97. The van der Waals surface area contributed by atoms with Gasteiger partial charge in [0.2, 0.25) is 5.91 Å². The van der Waals surface area contributed by atoms with Crippen molar-refractivity contribution in [1.29, 1.82) is 0 Å². The van der Waals surface area contributed by atoms with Crippen LogP contribution in [0.15, 0.2) is 24.5 Å². The van der Waals surface area contributed by atoms with Gasteiger partial charge < -0.3 is 15.1 Å². The van der Waals surface area contributed by atoms with Crippen LogP contribution < -0.4 is 0 Å². The zero-order valence-corrected chi connectivity index (χ0v) is 18.7. The van der Waals surface area contributed by atoms with Crippen LogP contribution in [-0.4, -0.2) is 86.5 Å². The molecule has 3 heterocycles. The maximum atomic E-state index is 13.0. The number of aromatic nitrogens is 1. The summed E-state index contributed by atoms with van der Waals surface area (Å²) in [7, 11) is 0. The number of amides is 1. The van der Waals surface area contributed by atoms with Crippen molar-refractivity contribution < 1.29 is 55.3 Å². The molecule has 1 saturated carbocycles. The number of nitrogens with zero attached hydrogens (tertiary/aromatic N) is 3. The van der Waals surface area contributed by atoms with E-state index in [1.807, 2.05) is 17.2 Å². The van der Waals surface area contributed by atoms with E-state index in [9.17, 15) is 35.5 Å². The molecular formula is C21H24F7N3O5. The number of pyridine rings is 1. The first kappa shape index (κ1) is 29.3. The van der Waals surface area contributed by atoms with Crippen LogP contribution in [0.5, 0.6) is 0 Å². The van der Waals surface area contributed by atoms with Crippen molar-refractivity contribution in [1.82, 2.24) is 14.8 Å².